The van der Waals surface area contributed by atoms with Gasteiger partial charge in [-0.2, -0.15) is 0 Å². The highest BCUT2D eigenvalue weighted by Gasteiger charge is 2.28. The first-order valence-corrected chi connectivity index (χ1v) is 7.69. The van der Waals surface area contributed by atoms with E-state index in [0.717, 1.165) is 31.7 Å². The molecule has 0 unspecified atom stereocenters. The van der Waals surface area contributed by atoms with E-state index in [-0.39, 0.29) is 16.1 Å². The molecule has 1 aromatic carbocycles. The monoisotopic (exact) mass is 311 g/mol. The Morgan fingerprint density at radius 2 is 1.86 bits per heavy atom. The molecule has 0 atom stereocenters. The van der Waals surface area contributed by atoms with Gasteiger partial charge in [0.05, 0.1) is 4.92 Å². The Morgan fingerprint density at radius 1 is 1.24 bits per heavy atom. The van der Waals surface area contributed by atoms with E-state index in [1.54, 1.807) is 6.07 Å². The van der Waals surface area contributed by atoms with Crippen LogP contribution in [0.3, 0.4) is 0 Å². The highest BCUT2D eigenvalue weighted by Crippen LogP contribution is 2.31. The van der Waals surface area contributed by atoms with Crippen molar-refractivity contribution in [1.82, 2.24) is 4.90 Å². The summed E-state index contributed by atoms with van der Waals surface area (Å²) in [5, 5.41) is 11.3. The van der Waals surface area contributed by atoms with Crippen LogP contribution in [0.15, 0.2) is 18.2 Å². The van der Waals surface area contributed by atoms with Gasteiger partial charge in [0.25, 0.3) is 5.69 Å². The standard InChI is InChI=1S/C15H22ClN3O2/c1-15(2,3)18-8-6-17(7-9-18)13-5-4-12(11-16)10-14(13)19(20)21/h4-5,10H,6-9,11H2,1-3H3. The first kappa shape index (κ1) is 16.0. The minimum Gasteiger partial charge on any atom is -0.363 e. The van der Waals surface area contributed by atoms with E-state index in [9.17, 15) is 10.1 Å². The molecule has 0 aromatic heterocycles. The highest BCUT2D eigenvalue weighted by atomic mass is 35.5. The van der Waals surface area contributed by atoms with Gasteiger partial charge in [0.2, 0.25) is 0 Å². The molecule has 1 aromatic rings. The molecule has 1 fully saturated rings. The summed E-state index contributed by atoms with van der Waals surface area (Å²) in [5.74, 6) is 0.291. The molecule has 1 heterocycles. The number of benzene rings is 1. The largest absolute Gasteiger partial charge is 0.363 e. The number of nitro groups is 1. The van der Waals surface area contributed by atoms with Crippen LogP contribution in [0, 0.1) is 10.1 Å². The van der Waals surface area contributed by atoms with Crippen molar-refractivity contribution in [2.75, 3.05) is 31.1 Å². The zero-order valence-corrected chi connectivity index (χ0v) is 13.6. The minimum absolute atomic E-state index is 0.139. The number of hydrogen-bond donors (Lipinski definition) is 0. The Kier molecular flexibility index (Phi) is 4.74. The van der Waals surface area contributed by atoms with Crippen molar-refractivity contribution in [3.8, 4) is 0 Å². The van der Waals surface area contributed by atoms with Crippen LogP contribution in [0.2, 0.25) is 0 Å². The lowest BCUT2D eigenvalue weighted by atomic mass is 10.0. The summed E-state index contributed by atoms with van der Waals surface area (Å²) >= 11 is 5.77. The maximum atomic E-state index is 11.3. The van der Waals surface area contributed by atoms with E-state index in [1.807, 2.05) is 12.1 Å². The molecule has 21 heavy (non-hydrogen) atoms. The van der Waals surface area contributed by atoms with E-state index in [4.69, 9.17) is 11.6 Å². The van der Waals surface area contributed by atoms with Crippen LogP contribution in [-0.2, 0) is 5.88 Å². The molecule has 6 heteroatoms. The molecule has 1 aliphatic heterocycles. The van der Waals surface area contributed by atoms with Gasteiger partial charge in [0.1, 0.15) is 5.69 Å². The molecule has 0 saturated carbocycles. The van der Waals surface area contributed by atoms with Crippen molar-refractivity contribution < 1.29 is 4.92 Å². The summed E-state index contributed by atoms with van der Waals surface area (Å²) in [5.41, 5.74) is 1.76. The van der Waals surface area contributed by atoms with Crippen LogP contribution < -0.4 is 4.90 Å². The lowest BCUT2D eigenvalue weighted by Gasteiger charge is -2.42. The first-order valence-electron chi connectivity index (χ1n) is 7.16. The van der Waals surface area contributed by atoms with E-state index in [0.29, 0.717) is 11.6 Å². The third kappa shape index (κ3) is 3.66. The number of rotatable bonds is 3. The van der Waals surface area contributed by atoms with Gasteiger partial charge in [0, 0.05) is 43.7 Å². The lowest BCUT2D eigenvalue weighted by Crippen LogP contribution is -2.53. The molecule has 0 N–H and O–H groups in total. The molecule has 1 aliphatic rings. The molecule has 116 valence electrons. The van der Waals surface area contributed by atoms with Crippen molar-refractivity contribution in [1.29, 1.82) is 0 Å². The predicted molar refractivity (Wildman–Crippen MR) is 86.2 cm³/mol. The Morgan fingerprint density at radius 3 is 2.33 bits per heavy atom. The van der Waals surface area contributed by atoms with Gasteiger partial charge in [-0.3, -0.25) is 15.0 Å². The SMILES string of the molecule is CC(C)(C)N1CCN(c2ccc(CCl)cc2[N+](=O)[O-])CC1. The van der Waals surface area contributed by atoms with Crippen molar-refractivity contribution in [2.45, 2.75) is 32.2 Å². The molecule has 0 aliphatic carbocycles. The second kappa shape index (κ2) is 6.20. The summed E-state index contributed by atoms with van der Waals surface area (Å²) in [6.07, 6.45) is 0. The Hall–Kier alpha value is -1.33. The summed E-state index contributed by atoms with van der Waals surface area (Å²) in [7, 11) is 0. The maximum absolute atomic E-state index is 11.3. The van der Waals surface area contributed by atoms with Crippen molar-refractivity contribution >= 4 is 23.0 Å². The van der Waals surface area contributed by atoms with Crippen molar-refractivity contribution in [3.05, 3.63) is 33.9 Å². The van der Waals surface area contributed by atoms with Gasteiger partial charge >= 0.3 is 0 Å². The lowest BCUT2D eigenvalue weighted by molar-refractivity contribution is -0.384. The van der Waals surface area contributed by atoms with Crippen LogP contribution in [0.4, 0.5) is 11.4 Å². The fraction of sp³-hybridized carbons (Fsp3) is 0.600. The number of alkyl halides is 1. The van der Waals surface area contributed by atoms with Gasteiger partial charge in [0.15, 0.2) is 0 Å². The second-order valence-electron chi connectivity index (χ2n) is 6.36. The Labute approximate surface area is 130 Å². The van der Waals surface area contributed by atoms with Gasteiger partial charge in [-0.1, -0.05) is 6.07 Å². The first-order chi connectivity index (χ1) is 9.82. The summed E-state index contributed by atoms with van der Waals surface area (Å²) in [6, 6.07) is 5.27. The number of piperazine rings is 1. The predicted octanol–water partition coefficient (Wildman–Crippen LogP) is 3.25. The zero-order chi connectivity index (χ0) is 15.6. The molecule has 0 radical (unpaired) electrons. The van der Waals surface area contributed by atoms with Gasteiger partial charge in [-0.15, -0.1) is 11.6 Å². The minimum atomic E-state index is -0.318. The second-order valence-corrected chi connectivity index (χ2v) is 6.63. The summed E-state index contributed by atoms with van der Waals surface area (Å²) in [4.78, 5) is 15.5. The molecule has 0 amide bonds. The third-order valence-electron chi connectivity index (χ3n) is 3.96. The van der Waals surface area contributed by atoms with E-state index in [2.05, 4.69) is 30.6 Å². The number of hydrogen-bond acceptors (Lipinski definition) is 4. The van der Waals surface area contributed by atoms with E-state index in [1.165, 1.54) is 0 Å². The van der Waals surface area contributed by atoms with Crippen molar-refractivity contribution in [3.63, 3.8) is 0 Å². The van der Waals surface area contributed by atoms with Crippen LogP contribution >= 0.6 is 11.6 Å². The van der Waals surface area contributed by atoms with Crippen molar-refractivity contribution in [2.24, 2.45) is 0 Å². The molecular weight excluding hydrogens is 290 g/mol. The van der Waals surface area contributed by atoms with Crippen LogP contribution in [0.25, 0.3) is 0 Å². The smallest absolute Gasteiger partial charge is 0.292 e. The van der Waals surface area contributed by atoms with Gasteiger partial charge in [-0.05, 0) is 32.4 Å². The fourth-order valence-electron chi connectivity index (χ4n) is 2.68. The summed E-state index contributed by atoms with van der Waals surface area (Å²) < 4.78 is 0. The normalized spacial score (nSPS) is 17.0. The fourth-order valence-corrected chi connectivity index (χ4v) is 2.85. The third-order valence-corrected chi connectivity index (χ3v) is 4.27. The number of nitro benzene ring substituents is 1. The maximum Gasteiger partial charge on any atom is 0.292 e. The topological polar surface area (TPSA) is 49.6 Å². The molecule has 0 bridgehead atoms. The molecule has 5 nitrogen and oxygen atoms in total. The van der Waals surface area contributed by atoms with E-state index < -0.39 is 0 Å². The quantitative estimate of drug-likeness (QED) is 0.488. The molecule has 1 saturated heterocycles. The molecule has 2 rings (SSSR count). The van der Waals surface area contributed by atoms with Gasteiger partial charge in [-0.25, -0.2) is 0 Å². The Balaban J connectivity index is 2.18. The Bertz CT molecular complexity index is 520. The number of nitrogens with zero attached hydrogens (tertiary/aromatic N) is 3. The number of halogens is 1. The average Bonchev–Trinajstić information content (AvgIpc) is 2.45. The van der Waals surface area contributed by atoms with E-state index >= 15 is 0 Å². The van der Waals surface area contributed by atoms with Crippen LogP contribution in [-0.4, -0.2) is 41.5 Å². The average molecular weight is 312 g/mol. The summed E-state index contributed by atoms with van der Waals surface area (Å²) in [6.45, 7) is 10.0. The zero-order valence-electron chi connectivity index (χ0n) is 12.8. The van der Waals surface area contributed by atoms with Crippen LogP contribution in [0.1, 0.15) is 26.3 Å². The highest BCUT2D eigenvalue weighted by molar-refractivity contribution is 6.17. The van der Waals surface area contributed by atoms with Crippen LogP contribution in [0.5, 0.6) is 0 Å². The molecule has 0 spiro atoms. The van der Waals surface area contributed by atoms with Gasteiger partial charge < -0.3 is 4.90 Å². The molecular formula is C15H22ClN3O2. The number of anilines is 1.